The van der Waals surface area contributed by atoms with Crippen LogP contribution in [0.25, 0.3) is 0 Å². The second-order valence-corrected chi connectivity index (χ2v) is 8.48. The molecule has 1 aliphatic rings. The van der Waals surface area contributed by atoms with Crippen molar-refractivity contribution in [1.29, 1.82) is 0 Å². The quantitative estimate of drug-likeness (QED) is 0.627. The molecule has 7 nitrogen and oxygen atoms in total. The van der Waals surface area contributed by atoms with Crippen LogP contribution < -0.4 is 4.90 Å². The molecule has 8 heteroatoms. The Balaban J connectivity index is 1.64. The molecule has 0 aliphatic carbocycles. The Hall–Kier alpha value is -2.74. The first-order chi connectivity index (χ1) is 14.3. The number of amides is 2. The van der Waals surface area contributed by atoms with Crippen molar-refractivity contribution in [2.24, 2.45) is 5.92 Å². The summed E-state index contributed by atoms with van der Waals surface area (Å²) in [5.74, 6) is -0.993. The van der Waals surface area contributed by atoms with Gasteiger partial charge in [-0.2, -0.15) is 0 Å². The second kappa shape index (κ2) is 9.38. The molecule has 1 atom stereocenters. The van der Waals surface area contributed by atoms with Gasteiger partial charge in [0.15, 0.2) is 5.13 Å². The molecule has 2 aromatic rings. The van der Waals surface area contributed by atoms with Gasteiger partial charge in [0.05, 0.1) is 17.3 Å². The number of likely N-dealkylation sites (tertiary alicyclic amines) is 1. The number of thiazole rings is 1. The smallest absolute Gasteiger partial charge is 0.311 e. The highest BCUT2D eigenvalue weighted by Crippen LogP contribution is 2.30. The summed E-state index contributed by atoms with van der Waals surface area (Å²) in [5.41, 5.74) is 2.51. The van der Waals surface area contributed by atoms with Gasteiger partial charge in [0.2, 0.25) is 11.8 Å². The molecule has 0 N–H and O–H groups in total. The normalized spacial score (nSPS) is 16.2. The number of anilines is 2. The van der Waals surface area contributed by atoms with Crippen LogP contribution in [0.15, 0.2) is 29.6 Å². The average molecular weight is 430 g/mol. The van der Waals surface area contributed by atoms with E-state index >= 15 is 0 Å². The Morgan fingerprint density at radius 1 is 1.30 bits per heavy atom. The molecule has 3 rings (SSSR count). The van der Waals surface area contributed by atoms with Gasteiger partial charge in [-0.15, -0.1) is 11.3 Å². The van der Waals surface area contributed by atoms with Crippen molar-refractivity contribution in [2.45, 2.75) is 53.2 Å². The van der Waals surface area contributed by atoms with Gasteiger partial charge in [-0.1, -0.05) is 19.1 Å². The highest BCUT2D eigenvalue weighted by atomic mass is 32.1. The van der Waals surface area contributed by atoms with Gasteiger partial charge in [-0.05, 0) is 38.0 Å². The van der Waals surface area contributed by atoms with E-state index in [4.69, 9.17) is 4.74 Å². The number of hydrogen-bond acceptors (Lipinski definition) is 6. The van der Waals surface area contributed by atoms with Crippen molar-refractivity contribution < 1.29 is 19.1 Å². The van der Waals surface area contributed by atoms with Crippen molar-refractivity contribution in [1.82, 2.24) is 9.88 Å². The van der Waals surface area contributed by atoms with Gasteiger partial charge in [0, 0.05) is 31.3 Å². The van der Waals surface area contributed by atoms with Crippen LogP contribution in [-0.4, -0.2) is 40.3 Å². The molecule has 0 saturated carbocycles. The molecule has 2 heterocycles. The number of benzene rings is 1. The van der Waals surface area contributed by atoms with Crippen LogP contribution in [-0.2, 0) is 32.1 Å². The molecule has 1 fully saturated rings. The molecule has 160 valence electrons. The molecule has 1 aromatic carbocycles. The third-order valence-electron chi connectivity index (χ3n) is 5.13. The summed E-state index contributed by atoms with van der Waals surface area (Å²) in [5, 5.41) is 2.30. The Kier molecular flexibility index (Phi) is 6.87. The summed E-state index contributed by atoms with van der Waals surface area (Å²) in [4.78, 5) is 44.3. The minimum Gasteiger partial charge on any atom is -0.459 e. The lowest BCUT2D eigenvalue weighted by Crippen LogP contribution is -2.33. The Morgan fingerprint density at radius 3 is 2.57 bits per heavy atom. The molecule has 0 bridgehead atoms. The first-order valence-electron chi connectivity index (χ1n) is 10.1. The maximum atomic E-state index is 12.4. The van der Waals surface area contributed by atoms with Gasteiger partial charge in [0.1, 0.15) is 6.61 Å². The van der Waals surface area contributed by atoms with E-state index in [9.17, 15) is 14.4 Å². The van der Waals surface area contributed by atoms with Crippen LogP contribution in [0.2, 0.25) is 0 Å². The van der Waals surface area contributed by atoms with E-state index in [0.717, 1.165) is 12.1 Å². The highest BCUT2D eigenvalue weighted by molar-refractivity contribution is 7.14. The maximum Gasteiger partial charge on any atom is 0.311 e. The number of aryl methyl sites for hydroxylation is 1. The molecule has 1 aliphatic heterocycles. The lowest BCUT2D eigenvalue weighted by Gasteiger charge is -2.20. The van der Waals surface area contributed by atoms with Gasteiger partial charge in [-0.25, -0.2) is 4.98 Å². The fourth-order valence-corrected chi connectivity index (χ4v) is 4.30. The summed E-state index contributed by atoms with van der Waals surface area (Å²) in [6.07, 6.45) is 1.11. The standard InChI is InChI=1S/C22H27N3O4S/c1-5-16-6-8-19(9-7-16)25(15(4)26)22-23-18(13-30-22)12-29-21(28)17-10-20(27)24(11-17)14(2)3/h6-9,13-14,17H,5,10-12H2,1-4H3. The minimum absolute atomic E-state index is 0.0161. The van der Waals surface area contributed by atoms with Crippen LogP contribution in [0, 0.1) is 5.92 Å². The summed E-state index contributed by atoms with van der Waals surface area (Å²) >= 11 is 1.32. The lowest BCUT2D eigenvalue weighted by atomic mass is 10.1. The zero-order chi connectivity index (χ0) is 21.8. The highest BCUT2D eigenvalue weighted by Gasteiger charge is 2.36. The number of ether oxygens (including phenoxy) is 1. The van der Waals surface area contributed by atoms with Crippen LogP contribution >= 0.6 is 11.3 Å². The van der Waals surface area contributed by atoms with Crippen molar-refractivity contribution in [2.75, 3.05) is 11.4 Å². The molecule has 2 amide bonds. The molecule has 30 heavy (non-hydrogen) atoms. The number of carbonyl (C=O) groups is 3. The van der Waals surface area contributed by atoms with Crippen molar-refractivity contribution in [3.63, 3.8) is 0 Å². The molecule has 0 spiro atoms. The monoisotopic (exact) mass is 429 g/mol. The Morgan fingerprint density at radius 2 is 2.00 bits per heavy atom. The van der Waals surface area contributed by atoms with Crippen LogP contribution in [0.5, 0.6) is 0 Å². The SMILES string of the molecule is CCc1ccc(N(C(C)=O)c2nc(COC(=O)C3CC(=O)N(C(C)C)C3)cs2)cc1. The molecule has 0 radical (unpaired) electrons. The van der Waals surface area contributed by atoms with Gasteiger partial charge < -0.3 is 9.64 Å². The lowest BCUT2D eigenvalue weighted by molar-refractivity contribution is -0.149. The first-order valence-corrected chi connectivity index (χ1v) is 11.0. The minimum atomic E-state index is -0.441. The van der Waals surface area contributed by atoms with E-state index in [1.54, 1.807) is 15.2 Å². The van der Waals surface area contributed by atoms with E-state index in [0.29, 0.717) is 17.4 Å². The second-order valence-electron chi connectivity index (χ2n) is 7.64. The molecular weight excluding hydrogens is 402 g/mol. The van der Waals surface area contributed by atoms with Crippen molar-refractivity contribution in [3.05, 3.63) is 40.9 Å². The number of aromatic nitrogens is 1. The predicted octanol–water partition coefficient (Wildman–Crippen LogP) is 3.69. The summed E-state index contributed by atoms with van der Waals surface area (Å²) < 4.78 is 5.40. The number of carbonyl (C=O) groups excluding carboxylic acids is 3. The fourth-order valence-electron chi connectivity index (χ4n) is 3.42. The van der Waals surface area contributed by atoms with E-state index in [2.05, 4.69) is 11.9 Å². The fraction of sp³-hybridized carbons (Fsp3) is 0.455. The number of esters is 1. The first kappa shape index (κ1) is 22.0. The van der Waals surface area contributed by atoms with E-state index in [-0.39, 0.29) is 36.9 Å². The van der Waals surface area contributed by atoms with E-state index in [1.165, 1.54) is 23.8 Å². The zero-order valence-corrected chi connectivity index (χ0v) is 18.6. The van der Waals surface area contributed by atoms with Crippen molar-refractivity contribution in [3.8, 4) is 0 Å². The van der Waals surface area contributed by atoms with Crippen molar-refractivity contribution >= 4 is 39.9 Å². The van der Waals surface area contributed by atoms with Gasteiger partial charge in [0.25, 0.3) is 0 Å². The van der Waals surface area contributed by atoms with Crippen LogP contribution in [0.4, 0.5) is 10.8 Å². The number of nitrogens with zero attached hydrogens (tertiary/aromatic N) is 3. The Labute approximate surface area is 180 Å². The molecular formula is C22H27N3O4S. The average Bonchev–Trinajstić information content (AvgIpc) is 3.33. The summed E-state index contributed by atoms with van der Waals surface area (Å²) in [7, 11) is 0. The summed E-state index contributed by atoms with van der Waals surface area (Å²) in [6, 6.07) is 7.86. The maximum absolute atomic E-state index is 12.4. The Bertz CT molecular complexity index is 923. The van der Waals surface area contributed by atoms with E-state index < -0.39 is 5.92 Å². The molecule has 1 aromatic heterocycles. The third kappa shape index (κ3) is 4.87. The molecule has 1 unspecified atom stereocenters. The summed E-state index contributed by atoms with van der Waals surface area (Å²) in [6.45, 7) is 7.84. The molecule has 1 saturated heterocycles. The number of hydrogen-bond donors (Lipinski definition) is 0. The third-order valence-corrected chi connectivity index (χ3v) is 6.00. The number of rotatable bonds is 7. The van der Waals surface area contributed by atoms with Crippen LogP contribution in [0.3, 0.4) is 0 Å². The van der Waals surface area contributed by atoms with Gasteiger partial charge in [-0.3, -0.25) is 19.3 Å². The van der Waals surface area contributed by atoms with Gasteiger partial charge >= 0.3 is 5.97 Å². The van der Waals surface area contributed by atoms with Crippen LogP contribution in [0.1, 0.15) is 45.4 Å². The topological polar surface area (TPSA) is 79.8 Å². The predicted molar refractivity (Wildman–Crippen MR) is 116 cm³/mol. The largest absolute Gasteiger partial charge is 0.459 e. The zero-order valence-electron chi connectivity index (χ0n) is 17.8. The van der Waals surface area contributed by atoms with E-state index in [1.807, 2.05) is 38.1 Å².